The molecule has 1 heterocycles. The molecule has 0 saturated heterocycles. The lowest BCUT2D eigenvalue weighted by Crippen LogP contribution is -2.22. The maximum atomic E-state index is 12.2. The smallest absolute Gasteiger partial charge is 0.253 e. The van der Waals surface area contributed by atoms with Gasteiger partial charge in [0.15, 0.2) is 0 Å². The Balaban J connectivity index is 3.27. The van der Waals surface area contributed by atoms with Gasteiger partial charge in [-0.2, -0.15) is 0 Å². The number of pyridine rings is 1. The van der Waals surface area contributed by atoms with Crippen LogP contribution in [0.25, 0.3) is 10.9 Å². The van der Waals surface area contributed by atoms with Crippen LogP contribution in [0.3, 0.4) is 0 Å². The number of aryl methyl sites for hydroxylation is 4. The first-order chi connectivity index (χ1) is 8.29. The van der Waals surface area contributed by atoms with Crippen molar-refractivity contribution < 1.29 is 0 Å². The topological polar surface area (TPSA) is 22.0 Å². The van der Waals surface area contributed by atoms with Gasteiger partial charge >= 0.3 is 0 Å². The van der Waals surface area contributed by atoms with Crippen LogP contribution in [0, 0.1) is 41.5 Å². The van der Waals surface area contributed by atoms with Gasteiger partial charge in [-0.3, -0.25) is 4.79 Å². The van der Waals surface area contributed by atoms with Crippen molar-refractivity contribution in [2.24, 2.45) is 7.05 Å². The average molecular weight is 243 g/mol. The highest BCUT2D eigenvalue weighted by atomic mass is 16.1. The van der Waals surface area contributed by atoms with E-state index in [1.807, 2.05) is 14.0 Å². The summed E-state index contributed by atoms with van der Waals surface area (Å²) in [4.78, 5) is 12.2. The molecule has 0 saturated carbocycles. The first-order valence-electron chi connectivity index (χ1n) is 6.35. The number of nitrogens with zero attached hydrogens (tertiary/aromatic N) is 1. The molecular formula is C16H21NO. The molecule has 0 aliphatic rings. The van der Waals surface area contributed by atoms with Gasteiger partial charge in [0.1, 0.15) is 0 Å². The van der Waals surface area contributed by atoms with Gasteiger partial charge < -0.3 is 4.57 Å². The van der Waals surface area contributed by atoms with E-state index in [4.69, 9.17) is 0 Å². The SMILES string of the molecule is Cc1c(C)c(C)c2c(c1C)c(C)c(C)c(=O)n2C. The van der Waals surface area contributed by atoms with Crippen LogP contribution in [0.5, 0.6) is 0 Å². The summed E-state index contributed by atoms with van der Waals surface area (Å²) in [5.41, 5.74) is 8.32. The molecule has 2 heteroatoms. The van der Waals surface area contributed by atoms with Crippen molar-refractivity contribution in [2.75, 3.05) is 0 Å². The zero-order chi connectivity index (χ0) is 13.8. The van der Waals surface area contributed by atoms with Crippen LogP contribution in [0.2, 0.25) is 0 Å². The summed E-state index contributed by atoms with van der Waals surface area (Å²) in [5, 5.41) is 1.25. The molecule has 96 valence electrons. The predicted molar refractivity (Wildman–Crippen MR) is 77.6 cm³/mol. The van der Waals surface area contributed by atoms with Crippen molar-refractivity contribution in [2.45, 2.75) is 41.5 Å². The van der Waals surface area contributed by atoms with Crippen LogP contribution >= 0.6 is 0 Å². The Morgan fingerprint density at radius 3 is 1.67 bits per heavy atom. The Bertz CT molecular complexity index is 721. The van der Waals surface area contributed by atoms with Gasteiger partial charge in [0.25, 0.3) is 5.56 Å². The molecule has 1 aromatic carbocycles. The molecule has 0 radical (unpaired) electrons. The number of hydrogen-bond donors (Lipinski definition) is 0. The van der Waals surface area contributed by atoms with Crippen molar-refractivity contribution in [1.29, 1.82) is 0 Å². The van der Waals surface area contributed by atoms with Crippen molar-refractivity contribution in [3.8, 4) is 0 Å². The lowest BCUT2D eigenvalue weighted by atomic mass is 9.91. The highest BCUT2D eigenvalue weighted by Crippen LogP contribution is 2.30. The lowest BCUT2D eigenvalue weighted by molar-refractivity contribution is 0.881. The molecule has 0 spiro atoms. The summed E-state index contributed by atoms with van der Waals surface area (Å²) in [6, 6.07) is 0. The standard InChI is InChI=1S/C16H21NO/c1-8-9(2)12(5)15-14(10(8)3)11(4)13(6)16(18)17(15)7/h1-7H3. The second-order valence-corrected chi connectivity index (χ2v) is 5.34. The van der Waals surface area contributed by atoms with Gasteiger partial charge in [-0.15, -0.1) is 0 Å². The van der Waals surface area contributed by atoms with Gasteiger partial charge in [0.2, 0.25) is 0 Å². The van der Waals surface area contributed by atoms with E-state index in [0.717, 1.165) is 16.6 Å². The number of hydrogen-bond acceptors (Lipinski definition) is 1. The average Bonchev–Trinajstić information content (AvgIpc) is 2.35. The molecule has 0 N–H and O–H groups in total. The van der Waals surface area contributed by atoms with Gasteiger partial charge in [-0.1, -0.05) is 0 Å². The molecule has 2 rings (SSSR count). The minimum Gasteiger partial charge on any atom is -0.311 e. The van der Waals surface area contributed by atoms with E-state index >= 15 is 0 Å². The molecule has 0 amide bonds. The molecule has 2 aromatic rings. The zero-order valence-electron chi connectivity index (χ0n) is 12.4. The monoisotopic (exact) mass is 243 g/mol. The lowest BCUT2D eigenvalue weighted by Gasteiger charge is -2.19. The van der Waals surface area contributed by atoms with Crippen LogP contribution < -0.4 is 5.56 Å². The molecule has 0 atom stereocenters. The summed E-state index contributed by atoms with van der Waals surface area (Å²) >= 11 is 0. The molecule has 2 nitrogen and oxygen atoms in total. The van der Waals surface area contributed by atoms with Crippen LogP contribution in [-0.4, -0.2) is 4.57 Å². The first kappa shape index (κ1) is 12.9. The maximum Gasteiger partial charge on any atom is 0.253 e. The van der Waals surface area contributed by atoms with Crippen LogP contribution in [-0.2, 0) is 7.05 Å². The summed E-state index contributed by atoms with van der Waals surface area (Å²) in [5.74, 6) is 0. The molecule has 0 aliphatic heterocycles. The largest absolute Gasteiger partial charge is 0.311 e. The van der Waals surface area contributed by atoms with Crippen molar-refractivity contribution in [3.63, 3.8) is 0 Å². The van der Waals surface area contributed by atoms with Crippen LogP contribution in [0.1, 0.15) is 33.4 Å². The molecular weight excluding hydrogens is 222 g/mol. The third kappa shape index (κ3) is 1.45. The number of aromatic nitrogens is 1. The molecule has 1 aromatic heterocycles. The summed E-state index contributed by atoms with van der Waals surface area (Å²) in [7, 11) is 1.87. The van der Waals surface area contributed by atoms with Crippen molar-refractivity contribution in [3.05, 3.63) is 43.7 Å². The molecule has 0 unspecified atom stereocenters. The minimum atomic E-state index is 0.116. The quantitative estimate of drug-likeness (QED) is 0.695. The van der Waals surface area contributed by atoms with Gasteiger partial charge in [-0.05, 0) is 69.4 Å². The molecule has 0 bridgehead atoms. The third-order valence-corrected chi connectivity index (χ3v) is 4.55. The summed E-state index contributed by atoms with van der Waals surface area (Å²) in [6.45, 7) is 12.5. The second kappa shape index (κ2) is 3.98. The second-order valence-electron chi connectivity index (χ2n) is 5.34. The van der Waals surface area contributed by atoms with Gasteiger partial charge in [-0.25, -0.2) is 0 Å². The number of benzene rings is 1. The summed E-state index contributed by atoms with van der Waals surface area (Å²) in [6.07, 6.45) is 0. The van der Waals surface area contributed by atoms with E-state index in [-0.39, 0.29) is 5.56 Å². The Morgan fingerprint density at radius 2 is 1.11 bits per heavy atom. The first-order valence-corrected chi connectivity index (χ1v) is 6.35. The zero-order valence-corrected chi connectivity index (χ0v) is 12.4. The minimum absolute atomic E-state index is 0.116. The van der Waals surface area contributed by atoms with Crippen LogP contribution in [0.4, 0.5) is 0 Å². The fourth-order valence-electron chi connectivity index (χ4n) is 2.87. The number of rotatable bonds is 0. The van der Waals surface area contributed by atoms with E-state index < -0.39 is 0 Å². The predicted octanol–water partition coefficient (Wildman–Crippen LogP) is 3.39. The van der Waals surface area contributed by atoms with E-state index in [1.165, 1.54) is 27.6 Å². The van der Waals surface area contributed by atoms with E-state index in [2.05, 4.69) is 34.6 Å². The fourth-order valence-corrected chi connectivity index (χ4v) is 2.87. The molecule has 0 fully saturated rings. The van der Waals surface area contributed by atoms with Crippen molar-refractivity contribution >= 4 is 10.9 Å². The Kier molecular flexibility index (Phi) is 2.84. The van der Waals surface area contributed by atoms with E-state index in [0.29, 0.717) is 0 Å². The van der Waals surface area contributed by atoms with Gasteiger partial charge in [0.05, 0.1) is 5.52 Å². The Morgan fingerprint density at radius 1 is 0.667 bits per heavy atom. The summed E-state index contributed by atoms with van der Waals surface area (Å²) < 4.78 is 1.80. The van der Waals surface area contributed by atoms with Crippen LogP contribution in [0.15, 0.2) is 4.79 Å². The highest BCUT2D eigenvalue weighted by Gasteiger charge is 2.16. The molecule has 0 aliphatic carbocycles. The number of fused-ring (bicyclic) bond motifs is 1. The Hall–Kier alpha value is -1.57. The maximum absolute atomic E-state index is 12.2. The molecule has 18 heavy (non-hydrogen) atoms. The van der Waals surface area contributed by atoms with E-state index in [1.54, 1.807) is 4.57 Å². The van der Waals surface area contributed by atoms with Gasteiger partial charge in [0, 0.05) is 18.0 Å². The fraction of sp³-hybridized carbons (Fsp3) is 0.438. The highest BCUT2D eigenvalue weighted by molar-refractivity contribution is 5.91. The Labute approximate surface area is 108 Å². The van der Waals surface area contributed by atoms with Crippen molar-refractivity contribution in [1.82, 2.24) is 4.57 Å². The normalized spacial score (nSPS) is 11.3. The van der Waals surface area contributed by atoms with E-state index in [9.17, 15) is 4.79 Å². The third-order valence-electron chi connectivity index (χ3n) is 4.55.